The number of nitro benzene ring substituents is 1. The van der Waals surface area contributed by atoms with Crippen LogP contribution in [0.1, 0.15) is 10.4 Å². The molecular weight excluding hydrogens is 320 g/mol. The van der Waals surface area contributed by atoms with Gasteiger partial charge in [-0.05, 0) is 35.4 Å². The summed E-state index contributed by atoms with van der Waals surface area (Å²) in [6.07, 6.45) is 0. The maximum absolute atomic E-state index is 11.5. The number of non-ortho nitro benzene ring substituents is 1. The number of carboxylic acid groups (broad SMARTS) is 1. The van der Waals surface area contributed by atoms with E-state index in [1.807, 2.05) is 30.3 Å². The number of carbonyl (C=O) groups is 1. The minimum Gasteiger partial charge on any atom is -0.478 e. The molecule has 0 heterocycles. The summed E-state index contributed by atoms with van der Waals surface area (Å²) < 4.78 is 0. The largest absolute Gasteiger partial charge is 0.478 e. The van der Waals surface area contributed by atoms with Crippen molar-refractivity contribution in [1.29, 1.82) is 0 Å². The Bertz CT molecular complexity index is 922. The van der Waals surface area contributed by atoms with E-state index in [-0.39, 0.29) is 11.3 Å². The predicted octanol–water partition coefficient (Wildman–Crippen LogP) is 4.70. The van der Waals surface area contributed by atoms with E-state index in [2.05, 4.69) is 5.32 Å². The summed E-state index contributed by atoms with van der Waals surface area (Å²) in [7, 11) is 0. The first-order valence-electron chi connectivity index (χ1n) is 7.49. The Balaban J connectivity index is 1.98. The molecule has 6 heteroatoms. The number of aromatic carboxylic acids is 1. The molecule has 3 rings (SSSR count). The maximum atomic E-state index is 11.5. The van der Waals surface area contributed by atoms with Crippen molar-refractivity contribution in [1.82, 2.24) is 0 Å². The van der Waals surface area contributed by atoms with E-state index in [0.717, 1.165) is 11.1 Å². The molecule has 3 aromatic rings. The molecule has 6 nitrogen and oxygen atoms in total. The van der Waals surface area contributed by atoms with E-state index in [1.54, 1.807) is 30.3 Å². The quantitative estimate of drug-likeness (QED) is 0.521. The molecule has 0 radical (unpaired) electrons. The second-order valence-electron chi connectivity index (χ2n) is 5.36. The summed E-state index contributed by atoms with van der Waals surface area (Å²) in [5.74, 6) is -1.05. The summed E-state index contributed by atoms with van der Waals surface area (Å²) in [5.41, 5.74) is 2.92. The molecule has 0 aliphatic rings. The van der Waals surface area contributed by atoms with Crippen molar-refractivity contribution in [3.05, 3.63) is 88.5 Å². The van der Waals surface area contributed by atoms with Gasteiger partial charge in [0.2, 0.25) is 0 Å². The first kappa shape index (κ1) is 16.2. The van der Waals surface area contributed by atoms with Crippen LogP contribution in [0.4, 0.5) is 17.1 Å². The molecule has 3 aromatic carbocycles. The molecule has 0 spiro atoms. The van der Waals surface area contributed by atoms with Gasteiger partial charge in [-0.15, -0.1) is 0 Å². The van der Waals surface area contributed by atoms with Gasteiger partial charge in [0.15, 0.2) is 0 Å². The molecule has 0 atom stereocenters. The Morgan fingerprint density at radius 2 is 1.60 bits per heavy atom. The molecule has 0 bridgehead atoms. The van der Waals surface area contributed by atoms with Crippen molar-refractivity contribution in [2.24, 2.45) is 0 Å². The lowest BCUT2D eigenvalue weighted by atomic mass is 10.0. The van der Waals surface area contributed by atoms with E-state index in [0.29, 0.717) is 11.4 Å². The monoisotopic (exact) mass is 334 g/mol. The first-order chi connectivity index (χ1) is 12.0. The van der Waals surface area contributed by atoms with Crippen LogP contribution in [0.3, 0.4) is 0 Å². The molecule has 0 aliphatic heterocycles. The number of carboxylic acids is 1. The Kier molecular flexibility index (Phi) is 4.43. The molecule has 124 valence electrons. The zero-order chi connectivity index (χ0) is 17.8. The molecule has 0 aromatic heterocycles. The second-order valence-corrected chi connectivity index (χ2v) is 5.36. The number of hydrogen-bond donors (Lipinski definition) is 2. The number of rotatable bonds is 5. The average Bonchev–Trinajstić information content (AvgIpc) is 2.62. The summed E-state index contributed by atoms with van der Waals surface area (Å²) in [6, 6.07) is 20.4. The van der Waals surface area contributed by atoms with E-state index < -0.39 is 10.9 Å². The minimum absolute atomic E-state index is 0.0259. The van der Waals surface area contributed by atoms with Crippen LogP contribution in [-0.4, -0.2) is 16.0 Å². The zero-order valence-electron chi connectivity index (χ0n) is 13.0. The number of anilines is 2. The van der Waals surface area contributed by atoms with Crippen molar-refractivity contribution in [3.8, 4) is 11.1 Å². The third kappa shape index (κ3) is 3.64. The average molecular weight is 334 g/mol. The lowest BCUT2D eigenvalue weighted by Gasteiger charge is -2.12. The smallest absolute Gasteiger partial charge is 0.337 e. The van der Waals surface area contributed by atoms with E-state index in [1.165, 1.54) is 12.1 Å². The van der Waals surface area contributed by atoms with Gasteiger partial charge in [0.05, 0.1) is 16.2 Å². The van der Waals surface area contributed by atoms with E-state index >= 15 is 0 Å². The van der Waals surface area contributed by atoms with Crippen molar-refractivity contribution < 1.29 is 14.8 Å². The molecule has 25 heavy (non-hydrogen) atoms. The van der Waals surface area contributed by atoms with E-state index in [4.69, 9.17) is 0 Å². The van der Waals surface area contributed by atoms with Crippen LogP contribution in [0.15, 0.2) is 72.8 Å². The molecule has 0 amide bonds. The van der Waals surface area contributed by atoms with Crippen LogP contribution in [0.2, 0.25) is 0 Å². The van der Waals surface area contributed by atoms with Crippen molar-refractivity contribution in [2.45, 2.75) is 0 Å². The van der Waals surface area contributed by atoms with Crippen LogP contribution < -0.4 is 5.32 Å². The van der Waals surface area contributed by atoms with Gasteiger partial charge in [0.25, 0.3) is 5.69 Å². The summed E-state index contributed by atoms with van der Waals surface area (Å²) in [6.45, 7) is 0. The predicted molar refractivity (Wildman–Crippen MR) is 95.2 cm³/mol. The highest BCUT2D eigenvalue weighted by Gasteiger charge is 2.12. The lowest BCUT2D eigenvalue weighted by molar-refractivity contribution is -0.384. The molecule has 0 fully saturated rings. The second kappa shape index (κ2) is 6.84. The molecule has 0 saturated carbocycles. The number of hydrogen-bond acceptors (Lipinski definition) is 4. The summed E-state index contributed by atoms with van der Waals surface area (Å²) >= 11 is 0. The number of benzene rings is 3. The SMILES string of the molecule is O=C(O)c1ccc(-c2ccccc2)cc1Nc1ccc([N+](=O)[O-])cc1. The molecule has 0 saturated heterocycles. The zero-order valence-corrected chi connectivity index (χ0v) is 13.0. The van der Waals surface area contributed by atoms with Gasteiger partial charge < -0.3 is 10.4 Å². The van der Waals surface area contributed by atoms with Gasteiger partial charge in [-0.1, -0.05) is 36.4 Å². The van der Waals surface area contributed by atoms with Gasteiger partial charge in [0.1, 0.15) is 0 Å². The third-order valence-electron chi connectivity index (χ3n) is 3.71. The summed E-state index contributed by atoms with van der Waals surface area (Å²) in [4.78, 5) is 21.7. The number of nitrogens with zero attached hydrogens (tertiary/aromatic N) is 1. The van der Waals surface area contributed by atoms with Crippen molar-refractivity contribution >= 4 is 23.0 Å². The highest BCUT2D eigenvalue weighted by atomic mass is 16.6. The highest BCUT2D eigenvalue weighted by molar-refractivity contribution is 5.96. The maximum Gasteiger partial charge on any atom is 0.337 e. The third-order valence-corrected chi connectivity index (χ3v) is 3.71. The fraction of sp³-hybridized carbons (Fsp3) is 0. The molecule has 2 N–H and O–H groups in total. The Hall–Kier alpha value is -3.67. The van der Waals surface area contributed by atoms with Crippen LogP contribution in [0.25, 0.3) is 11.1 Å². The summed E-state index contributed by atoms with van der Waals surface area (Å²) in [5, 5.41) is 23.1. The van der Waals surface area contributed by atoms with Crippen LogP contribution in [0.5, 0.6) is 0 Å². The van der Waals surface area contributed by atoms with Gasteiger partial charge >= 0.3 is 5.97 Å². The fourth-order valence-corrected chi connectivity index (χ4v) is 2.47. The highest BCUT2D eigenvalue weighted by Crippen LogP contribution is 2.28. The van der Waals surface area contributed by atoms with Gasteiger partial charge in [-0.25, -0.2) is 4.79 Å². The Labute approximate surface area is 143 Å². The minimum atomic E-state index is -1.05. The van der Waals surface area contributed by atoms with Gasteiger partial charge in [0, 0.05) is 17.8 Å². The topological polar surface area (TPSA) is 92.5 Å². The van der Waals surface area contributed by atoms with Crippen molar-refractivity contribution in [2.75, 3.05) is 5.32 Å². The van der Waals surface area contributed by atoms with Crippen LogP contribution in [0, 0.1) is 10.1 Å². The fourth-order valence-electron chi connectivity index (χ4n) is 2.47. The first-order valence-corrected chi connectivity index (χ1v) is 7.49. The van der Waals surface area contributed by atoms with Gasteiger partial charge in [-0.3, -0.25) is 10.1 Å². The van der Waals surface area contributed by atoms with Crippen molar-refractivity contribution in [3.63, 3.8) is 0 Å². The van der Waals surface area contributed by atoms with Gasteiger partial charge in [-0.2, -0.15) is 0 Å². The normalized spacial score (nSPS) is 10.2. The lowest BCUT2D eigenvalue weighted by Crippen LogP contribution is -2.03. The van der Waals surface area contributed by atoms with E-state index in [9.17, 15) is 20.0 Å². The van der Waals surface area contributed by atoms with Crippen LogP contribution in [-0.2, 0) is 0 Å². The standard InChI is InChI=1S/C19H14N2O4/c22-19(23)17-11-6-14(13-4-2-1-3-5-13)12-18(17)20-15-7-9-16(10-8-15)21(24)25/h1-12,20H,(H,22,23). The Morgan fingerprint density at radius 1 is 0.920 bits per heavy atom. The molecule has 0 unspecified atom stereocenters. The Morgan fingerprint density at radius 3 is 2.20 bits per heavy atom. The number of nitro groups is 1. The molecule has 0 aliphatic carbocycles. The van der Waals surface area contributed by atoms with Crippen LogP contribution >= 0.6 is 0 Å². The number of nitrogens with one attached hydrogen (secondary N) is 1. The molecular formula is C19H14N2O4.